The van der Waals surface area contributed by atoms with Gasteiger partial charge in [-0.1, -0.05) is 18.2 Å². The Kier molecular flexibility index (Phi) is 8.24. The lowest BCUT2D eigenvalue weighted by atomic mass is 10.1. The Balaban J connectivity index is 0.00000208. The average Bonchev–Trinajstić information content (AvgIpc) is 3.22. The third-order valence-corrected chi connectivity index (χ3v) is 5.56. The Morgan fingerprint density at radius 3 is 3.00 bits per heavy atom. The molecule has 1 fully saturated rings. The van der Waals surface area contributed by atoms with E-state index in [9.17, 15) is 0 Å². The molecule has 2 heterocycles. The van der Waals surface area contributed by atoms with Crippen LogP contribution in [0.3, 0.4) is 0 Å². The number of rotatable bonds is 6. The van der Waals surface area contributed by atoms with Crippen LogP contribution in [0.2, 0.25) is 0 Å². The number of H-pyrrole nitrogens is 1. The highest BCUT2D eigenvalue weighted by Gasteiger charge is 2.14. The van der Waals surface area contributed by atoms with Crippen LogP contribution < -0.4 is 10.6 Å². The lowest BCUT2D eigenvalue weighted by Gasteiger charge is -2.12. The van der Waals surface area contributed by atoms with Crippen molar-refractivity contribution in [1.29, 1.82) is 0 Å². The van der Waals surface area contributed by atoms with Gasteiger partial charge in [0.15, 0.2) is 5.96 Å². The lowest BCUT2D eigenvalue weighted by molar-refractivity contribution is 0.761. The van der Waals surface area contributed by atoms with Crippen LogP contribution in [0.5, 0.6) is 0 Å². The molecule has 1 aromatic heterocycles. The standard InChI is InChI=1S/C18H26N4S.HI/c1-2-19-18(22-13-15-6-5-11-23-15)20-10-9-14-12-21-17-8-4-3-7-16(14)17;/h3-4,7-8,12,15,21H,2,5-6,9-11,13H2,1H3,(H2,19,20,22);1H. The van der Waals surface area contributed by atoms with Crippen LogP contribution in [-0.4, -0.2) is 41.6 Å². The maximum Gasteiger partial charge on any atom is 0.191 e. The number of aromatic amines is 1. The van der Waals surface area contributed by atoms with Crippen molar-refractivity contribution in [3.8, 4) is 0 Å². The number of halogens is 1. The molecule has 1 saturated heterocycles. The monoisotopic (exact) mass is 458 g/mol. The molecule has 0 amide bonds. The zero-order chi connectivity index (χ0) is 15.9. The molecule has 0 bridgehead atoms. The van der Waals surface area contributed by atoms with Gasteiger partial charge >= 0.3 is 0 Å². The number of thioether (sulfide) groups is 1. The summed E-state index contributed by atoms with van der Waals surface area (Å²) in [6.45, 7) is 4.83. The number of hydrogen-bond acceptors (Lipinski definition) is 2. The minimum absolute atomic E-state index is 0. The van der Waals surface area contributed by atoms with E-state index >= 15 is 0 Å². The fourth-order valence-corrected chi connectivity index (χ4v) is 4.16. The number of guanidine groups is 1. The molecule has 0 saturated carbocycles. The first-order chi connectivity index (χ1) is 11.4. The maximum atomic E-state index is 4.74. The zero-order valence-electron chi connectivity index (χ0n) is 14.2. The first-order valence-corrected chi connectivity index (χ1v) is 9.60. The second kappa shape index (κ2) is 10.2. The van der Waals surface area contributed by atoms with Crippen LogP contribution in [0.15, 0.2) is 35.5 Å². The van der Waals surface area contributed by atoms with Gasteiger partial charge in [-0.25, -0.2) is 0 Å². The predicted molar refractivity (Wildman–Crippen MR) is 117 cm³/mol. The number of aromatic nitrogens is 1. The van der Waals surface area contributed by atoms with Crippen LogP contribution in [0.25, 0.3) is 10.9 Å². The van der Waals surface area contributed by atoms with Crippen molar-refractivity contribution >= 4 is 52.6 Å². The van der Waals surface area contributed by atoms with Gasteiger partial charge in [0.2, 0.25) is 0 Å². The van der Waals surface area contributed by atoms with Crippen molar-refractivity contribution in [3.63, 3.8) is 0 Å². The summed E-state index contributed by atoms with van der Waals surface area (Å²) in [7, 11) is 0. The van der Waals surface area contributed by atoms with Crippen LogP contribution in [0.4, 0.5) is 0 Å². The minimum Gasteiger partial charge on any atom is -0.361 e. The summed E-state index contributed by atoms with van der Waals surface area (Å²) in [4.78, 5) is 8.08. The summed E-state index contributed by atoms with van der Waals surface area (Å²) >= 11 is 2.06. The van der Waals surface area contributed by atoms with E-state index in [4.69, 9.17) is 4.99 Å². The average molecular weight is 458 g/mol. The molecular formula is C18H27IN4S. The Labute approximate surface area is 165 Å². The van der Waals surface area contributed by atoms with E-state index in [1.54, 1.807) is 0 Å². The summed E-state index contributed by atoms with van der Waals surface area (Å²) < 4.78 is 0. The zero-order valence-corrected chi connectivity index (χ0v) is 17.3. The topological polar surface area (TPSA) is 52.2 Å². The van der Waals surface area contributed by atoms with Crippen molar-refractivity contribution in [2.75, 3.05) is 25.4 Å². The number of hydrogen-bond donors (Lipinski definition) is 3. The van der Waals surface area contributed by atoms with Gasteiger partial charge in [0, 0.05) is 35.4 Å². The molecule has 132 valence electrons. The molecule has 1 aliphatic rings. The Bertz CT molecular complexity index is 649. The van der Waals surface area contributed by atoms with Gasteiger partial charge in [0.05, 0.1) is 6.54 Å². The second-order valence-electron chi connectivity index (χ2n) is 5.89. The molecule has 3 rings (SSSR count). The molecule has 2 aromatic rings. The summed E-state index contributed by atoms with van der Waals surface area (Å²) in [6.07, 6.45) is 5.76. The van der Waals surface area contributed by atoms with Crippen molar-refractivity contribution in [1.82, 2.24) is 15.6 Å². The van der Waals surface area contributed by atoms with Crippen molar-refractivity contribution in [3.05, 3.63) is 36.0 Å². The van der Waals surface area contributed by atoms with Gasteiger partial charge in [0.1, 0.15) is 0 Å². The van der Waals surface area contributed by atoms with Gasteiger partial charge in [-0.15, -0.1) is 24.0 Å². The number of fused-ring (bicyclic) bond motifs is 1. The van der Waals surface area contributed by atoms with E-state index in [-0.39, 0.29) is 24.0 Å². The van der Waals surface area contributed by atoms with Gasteiger partial charge in [0.25, 0.3) is 0 Å². The fourth-order valence-electron chi connectivity index (χ4n) is 2.98. The molecule has 0 aliphatic carbocycles. The van der Waals surface area contributed by atoms with E-state index in [0.29, 0.717) is 5.25 Å². The predicted octanol–water partition coefficient (Wildman–Crippen LogP) is 3.78. The van der Waals surface area contributed by atoms with E-state index in [0.717, 1.165) is 32.0 Å². The number of nitrogens with zero attached hydrogens (tertiary/aromatic N) is 1. The highest BCUT2D eigenvalue weighted by atomic mass is 127. The van der Waals surface area contributed by atoms with Crippen LogP contribution in [0, 0.1) is 0 Å². The van der Waals surface area contributed by atoms with E-state index in [2.05, 4.69) is 64.8 Å². The fraction of sp³-hybridized carbons (Fsp3) is 0.500. The molecule has 1 aromatic carbocycles. The van der Waals surface area contributed by atoms with Gasteiger partial charge in [-0.2, -0.15) is 11.8 Å². The Morgan fingerprint density at radius 2 is 2.21 bits per heavy atom. The second-order valence-corrected chi connectivity index (χ2v) is 7.30. The van der Waals surface area contributed by atoms with E-state index < -0.39 is 0 Å². The lowest BCUT2D eigenvalue weighted by Crippen LogP contribution is -2.38. The largest absolute Gasteiger partial charge is 0.361 e. The SMILES string of the molecule is CCNC(=NCC1CCCS1)NCCc1c[nH]c2ccccc12.I. The smallest absolute Gasteiger partial charge is 0.191 e. The van der Waals surface area contributed by atoms with Crippen molar-refractivity contribution < 1.29 is 0 Å². The molecule has 0 spiro atoms. The Morgan fingerprint density at radius 1 is 1.33 bits per heavy atom. The highest BCUT2D eigenvalue weighted by molar-refractivity contribution is 14.0. The van der Waals surface area contributed by atoms with Crippen LogP contribution >= 0.6 is 35.7 Å². The number of nitrogens with one attached hydrogen (secondary N) is 3. The molecule has 3 N–H and O–H groups in total. The number of para-hydroxylation sites is 1. The normalized spacial score (nSPS) is 17.7. The molecule has 4 nitrogen and oxygen atoms in total. The van der Waals surface area contributed by atoms with Crippen LogP contribution in [-0.2, 0) is 6.42 Å². The molecule has 6 heteroatoms. The summed E-state index contributed by atoms with van der Waals surface area (Å²) in [5, 5.41) is 8.83. The van der Waals surface area contributed by atoms with E-state index in [1.165, 1.54) is 35.1 Å². The Hall–Kier alpha value is -0.890. The molecular weight excluding hydrogens is 431 g/mol. The molecule has 0 radical (unpaired) electrons. The summed E-state index contributed by atoms with van der Waals surface area (Å²) in [5.41, 5.74) is 2.57. The summed E-state index contributed by atoms with van der Waals surface area (Å²) in [6, 6.07) is 8.46. The van der Waals surface area contributed by atoms with Gasteiger partial charge < -0.3 is 15.6 Å². The molecule has 1 atom stereocenters. The van der Waals surface area contributed by atoms with Crippen molar-refractivity contribution in [2.45, 2.75) is 31.4 Å². The third-order valence-electron chi connectivity index (χ3n) is 4.18. The quantitative estimate of drug-likeness (QED) is 0.351. The van der Waals surface area contributed by atoms with E-state index in [1.807, 2.05) is 0 Å². The van der Waals surface area contributed by atoms with Crippen molar-refractivity contribution in [2.24, 2.45) is 4.99 Å². The van der Waals surface area contributed by atoms with Crippen LogP contribution in [0.1, 0.15) is 25.3 Å². The number of benzene rings is 1. The first kappa shape index (κ1) is 19.4. The summed E-state index contributed by atoms with van der Waals surface area (Å²) in [5.74, 6) is 2.24. The minimum atomic E-state index is 0. The number of aliphatic imine (C=N–C) groups is 1. The molecule has 1 unspecified atom stereocenters. The highest BCUT2D eigenvalue weighted by Crippen LogP contribution is 2.26. The third kappa shape index (κ3) is 5.31. The maximum absolute atomic E-state index is 4.74. The molecule has 24 heavy (non-hydrogen) atoms. The molecule has 1 aliphatic heterocycles. The van der Waals surface area contributed by atoms with Gasteiger partial charge in [-0.3, -0.25) is 4.99 Å². The van der Waals surface area contributed by atoms with Gasteiger partial charge in [-0.05, 0) is 43.6 Å². The first-order valence-electron chi connectivity index (χ1n) is 8.55.